The first-order valence-electron chi connectivity index (χ1n) is 13.4. The molecule has 0 aromatic heterocycles. The Morgan fingerprint density at radius 3 is 2.14 bits per heavy atom. The summed E-state index contributed by atoms with van der Waals surface area (Å²) < 4.78 is 34.6. The molecule has 12 heteroatoms. The van der Waals surface area contributed by atoms with E-state index in [0.717, 1.165) is 9.20 Å². The number of anilines is 1. The van der Waals surface area contributed by atoms with Crippen LogP contribution in [-0.4, -0.2) is 57.1 Å². The van der Waals surface area contributed by atoms with Crippen LogP contribution in [0.5, 0.6) is 5.75 Å². The van der Waals surface area contributed by atoms with Crippen LogP contribution in [0.1, 0.15) is 32.8 Å². The van der Waals surface area contributed by atoms with Crippen molar-refractivity contribution in [2.24, 2.45) is 0 Å². The predicted molar refractivity (Wildman–Crippen MR) is 170 cm³/mol. The van der Waals surface area contributed by atoms with E-state index in [2.05, 4.69) is 5.32 Å². The molecule has 0 radical (unpaired) electrons. The van der Waals surface area contributed by atoms with E-state index in [0.29, 0.717) is 40.9 Å². The van der Waals surface area contributed by atoms with Gasteiger partial charge in [0.15, 0.2) is 0 Å². The highest BCUT2D eigenvalue weighted by Gasteiger charge is 2.33. The van der Waals surface area contributed by atoms with Gasteiger partial charge in [-0.3, -0.25) is 13.9 Å². The van der Waals surface area contributed by atoms with Crippen molar-refractivity contribution in [3.8, 4) is 5.75 Å². The number of carbonyl (C=O) groups is 2. The smallest absolute Gasteiger partial charge is 0.264 e. The molecule has 0 fully saturated rings. The number of nitrogens with zero attached hydrogens (tertiary/aromatic N) is 2. The molecule has 0 aliphatic heterocycles. The summed E-state index contributed by atoms with van der Waals surface area (Å²) in [7, 11) is -4.20. The van der Waals surface area contributed by atoms with Crippen LogP contribution in [0.3, 0.4) is 0 Å². The van der Waals surface area contributed by atoms with E-state index in [1.807, 2.05) is 20.1 Å². The van der Waals surface area contributed by atoms with Crippen LogP contribution in [0.2, 0.25) is 10.0 Å². The van der Waals surface area contributed by atoms with Crippen molar-refractivity contribution in [1.82, 2.24) is 10.2 Å². The molecule has 8 nitrogen and oxygen atoms in total. The Bertz CT molecular complexity index is 1450. The molecule has 0 saturated heterocycles. The lowest BCUT2D eigenvalue weighted by Crippen LogP contribution is -2.51. The standard InChI is InChI=1S/C30H35Cl2N3O5S2/c1-5-18-33-30(37)21(3)34(19-26-27(31)8-7-9-28(26)32)29(36)20-35(22-10-12-23(13-11-22)40-6-2)42(38,39)25-16-14-24(41-4)15-17-25/h7-17,21H,5-6,18-20H2,1-4H3,(H,33,37). The van der Waals surface area contributed by atoms with Crippen molar-refractivity contribution in [3.63, 3.8) is 0 Å². The molecule has 0 aliphatic carbocycles. The number of nitrogens with one attached hydrogen (secondary N) is 1. The molecule has 0 heterocycles. The summed E-state index contributed by atoms with van der Waals surface area (Å²) in [5.74, 6) is -0.426. The Balaban J connectivity index is 2.06. The minimum Gasteiger partial charge on any atom is -0.494 e. The number of ether oxygens (including phenoxy) is 1. The molecule has 1 atom stereocenters. The Morgan fingerprint density at radius 2 is 1.60 bits per heavy atom. The van der Waals surface area contributed by atoms with Gasteiger partial charge in [-0.15, -0.1) is 11.8 Å². The van der Waals surface area contributed by atoms with Crippen LogP contribution >= 0.6 is 35.0 Å². The maximum Gasteiger partial charge on any atom is 0.264 e. The summed E-state index contributed by atoms with van der Waals surface area (Å²) >= 11 is 14.3. The molecular formula is C30H35Cl2N3O5S2. The first-order chi connectivity index (χ1) is 20.0. The zero-order valence-electron chi connectivity index (χ0n) is 24.0. The number of hydrogen-bond donors (Lipinski definition) is 1. The Hall–Kier alpha value is -2.92. The number of hydrogen-bond acceptors (Lipinski definition) is 6. The number of halogens is 2. The number of amides is 2. The molecule has 42 heavy (non-hydrogen) atoms. The second-order valence-corrected chi connectivity index (χ2v) is 12.9. The molecule has 1 N–H and O–H groups in total. The minimum atomic E-state index is -4.20. The van der Waals surface area contributed by atoms with Gasteiger partial charge in [0.1, 0.15) is 18.3 Å². The summed E-state index contributed by atoms with van der Waals surface area (Å²) in [5.41, 5.74) is 0.715. The number of sulfonamides is 1. The summed E-state index contributed by atoms with van der Waals surface area (Å²) in [5, 5.41) is 3.46. The van der Waals surface area contributed by atoms with E-state index >= 15 is 0 Å². The highest BCUT2D eigenvalue weighted by molar-refractivity contribution is 7.98. The van der Waals surface area contributed by atoms with Gasteiger partial charge in [0.05, 0.1) is 17.2 Å². The van der Waals surface area contributed by atoms with Gasteiger partial charge in [0, 0.05) is 33.6 Å². The maximum absolute atomic E-state index is 14.0. The SMILES string of the molecule is CCCNC(=O)C(C)N(Cc1c(Cl)cccc1Cl)C(=O)CN(c1ccc(OCC)cc1)S(=O)(=O)c1ccc(SC)cc1. The molecule has 3 aromatic carbocycles. The van der Waals surface area contributed by atoms with Crippen molar-refractivity contribution in [2.45, 2.75) is 49.6 Å². The number of benzene rings is 3. The monoisotopic (exact) mass is 651 g/mol. The molecule has 3 rings (SSSR count). The lowest BCUT2D eigenvalue weighted by molar-refractivity contribution is -0.139. The van der Waals surface area contributed by atoms with Gasteiger partial charge in [-0.05, 0) is 87.2 Å². The second-order valence-electron chi connectivity index (χ2n) is 9.30. The second kappa shape index (κ2) is 15.5. The van der Waals surface area contributed by atoms with Crippen LogP contribution in [0.15, 0.2) is 76.5 Å². The van der Waals surface area contributed by atoms with E-state index < -0.39 is 28.5 Å². The molecule has 0 saturated carbocycles. The van der Waals surface area contributed by atoms with E-state index in [-0.39, 0.29) is 23.0 Å². The van der Waals surface area contributed by atoms with Crippen LogP contribution in [0.25, 0.3) is 0 Å². The van der Waals surface area contributed by atoms with Gasteiger partial charge in [-0.2, -0.15) is 0 Å². The highest BCUT2D eigenvalue weighted by atomic mass is 35.5. The fourth-order valence-corrected chi connectivity index (χ4v) is 6.45. The lowest BCUT2D eigenvalue weighted by Gasteiger charge is -2.32. The lowest BCUT2D eigenvalue weighted by atomic mass is 10.1. The van der Waals surface area contributed by atoms with E-state index in [9.17, 15) is 18.0 Å². The molecule has 3 aromatic rings. The average molecular weight is 653 g/mol. The Kier molecular flexibility index (Phi) is 12.4. The van der Waals surface area contributed by atoms with Crippen LogP contribution in [0, 0.1) is 0 Å². The van der Waals surface area contributed by atoms with Gasteiger partial charge in [0.25, 0.3) is 10.0 Å². The maximum atomic E-state index is 14.0. The van der Waals surface area contributed by atoms with Crippen LogP contribution in [-0.2, 0) is 26.2 Å². The van der Waals surface area contributed by atoms with Gasteiger partial charge >= 0.3 is 0 Å². The number of rotatable bonds is 14. The first kappa shape index (κ1) is 33.6. The summed E-state index contributed by atoms with van der Waals surface area (Å²) in [6.45, 7) is 5.55. The van der Waals surface area contributed by atoms with Gasteiger partial charge < -0.3 is 15.0 Å². The molecule has 226 valence electrons. The predicted octanol–water partition coefficient (Wildman–Crippen LogP) is 6.25. The van der Waals surface area contributed by atoms with Crippen LogP contribution in [0.4, 0.5) is 5.69 Å². The number of thioether (sulfide) groups is 1. The van der Waals surface area contributed by atoms with Gasteiger partial charge in [0.2, 0.25) is 11.8 Å². The topological polar surface area (TPSA) is 96.0 Å². The van der Waals surface area contributed by atoms with E-state index in [1.54, 1.807) is 61.5 Å². The van der Waals surface area contributed by atoms with Crippen molar-refractivity contribution >= 4 is 62.5 Å². The van der Waals surface area contributed by atoms with Crippen molar-refractivity contribution < 1.29 is 22.7 Å². The Morgan fingerprint density at radius 1 is 0.976 bits per heavy atom. The largest absolute Gasteiger partial charge is 0.494 e. The zero-order chi connectivity index (χ0) is 30.9. The normalized spacial score (nSPS) is 12.0. The number of carbonyl (C=O) groups excluding carboxylic acids is 2. The van der Waals surface area contributed by atoms with Crippen LogP contribution < -0.4 is 14.4 Å². The molecule has 2 amide bonds. The third-order valence-corrected chi connectivity index (χ3v) is 9.71. The molecular weight excluding hydrogens is 617 g/mol. The first-order valence-corrected chi connectivity index (χ1v) is 16.8. The fourth-order valence-electron chi connectivity index (χ4n) is 4.11. The van der Waals surface area contributed by atoms with Crippen molar-refractivity contribution in [1.29, 1.82) is 0 Å². The summed E-state index contributed by atoms with van der Waals surface area (Å²) in [6.07, 6.45) is 2.61. The van der Waals surface area contributed by atoms with E-state index in [4.69, 9.17) is 27.9 Å². The summed E-state index contributed by atoms with van der Waals surface area (Å²) in [6, 6.07) is 16.9. The van der Waals surface area contributed by atoms with Crippen molar-refractivity contribution in [2.75, 3.05) is 30.3 Å². The fraction of sp³-hybridized carbons (Fsp3) is 0.333. The quantitative estimate of drug-likeness (QED) is 0.207. The molecule has 0 spiro atoms. The minimum absolute atomic E-state index is 0.0245. The Labute approximate surface area is 262 Å². The third kappa shape index (κ3) is 8.34. The van der Waals surface area contributed by atoms with Gasteiger partial charge in [-0.1, -0.05) is 36.2 Å². The zero-order valence-corrected chi connectivity index (χ0v) is 27.1. The molecule has 0 aliphatic rings. The highest BCUT2D eigenvalue weighted by Crippen LogP contribution is 2.29. The summed E-state index contributed by atoms with van der Waals surface area (Å²) in [4.78, 5) is 29.3. The van der Waals surface area contributed by atoms with Crippen molar-refractivity contribution in [3.05, 3.63) is 82.3 Å². The molecule has 0 bridgehead atoms. The van der Waals surface area contributed by atoms with Gasteiger partial charge in [-0.25, -0.2) is 8.42 Å². The average Bonchev–Trinajstić information content (AvgIpc) is 2.98. The molecule has 1 unspecified atom stereocenters. The third-order valence-electron chi connectivity index (χ3n) is 6.47. The van der Waals surface area contributed by atoms with E-state index in [1.165, 1.54) is 28.8 Å².